The van der Waals surface area contributed by atoms with Crippen LogP contribution in [-0.2, 0) is 9.59 Å². The summed E-state index contributed by atoms with van der Waals surface area (Å²) >= 11 is 0. The van der Waals surface area contributed by atoms with Gasteiger partial charge in [-0.3, -0.25) is 9.59 Å². The molecule has 0 aromatic rings. The molecule has 2 amide bonds. The molecule has 0 aliphatic heterocycles. The molecule has 0 bridgehead atoms. The second-order valence-electron chi connectivity index (χ2n) is 3.97. The van der Waals surface area contributed by atoms with Crippen LogP contribution in [0.4, 0.5) is 0 Å². The third-order valence-electron chi connectivity index (χ3n) is 1.54. The molecule has 0 spiro atoms. The van der Waals surface area contributed by atoms with Crippen molar-refractivity contribution in [2.45, 2.75) is 26.4 Å². The van der Waals surface area contributed by atoms with Gasteiger partial charge >= 0.3 is 0 Å². The highest BCUT2D eigenvalue weighted by Crippen LogP contribution is 2.02. The van der Waals surface area contributed by atoms with Crippen LogP contribution >= 0.6 is 0 Å². The number of nitrogens with zero attached hydrogens (tertiary/aromatic N) is 1. The zero-order chi connectivity index (χ0) is 11.4. The second kappa shape index (κ2) is 4.95. The summed E-state index contributed by atoms with van der Waals surface area (Å²) in [4.78, 5) is 23.2. The van der Waals surface area contributed by atoms with Gasteiger partial charge in [0.2, 0.25) is 11.8 Å². The summed E-state index contributed by atoms with van der Waals surface area (Å²) in [6.07, 6.45) is 0. The third kappa shape index (κ3) is 6.42. The fourth-order valence-electron chi connectivity index (χ4n) is 1.00. The highest BCUT2D eigenvalue weighted by Gasteiger charge is 2.18. The van der Waals surface area contributed by atoms with Gasteiger partial charge < -0.3 is 15.3 Å². The SMILES string of the molecule is CC(=O)NCC(=O)N(C)CC(C)(C)O. The summed E-state index contributed by atoms with van der Waals surface area (Å²) in [6.45, 7) is 4.81. The molecule has 5 heteroatoms. The summed E-state index contributed by atoms with van der Waals surface area (Å²) in [6, 6.07) is 0. The average molecular weight is 202 g/mol. The lowest BCUT2D eigenvalue weighted by molar-refractivity contribution is -0.133. The summed E-state index contributed by atoms with van der Waals surface area (Å²) in [7, 11) is 1.59. The predicted octanol–water partition coefficient (Wildman–Crippen LogP) is -0.648. The second-order valence-corrected chi connectivity index (χ2v) is 3.97. The fourth-order valence-corrected chi connectivity index (χ4v) is 1.00. The van der Waals surface area contributed by atoms with Crippen LogP contribution in [0.3, 0.4) is 0 Å². The van der Waals surface area contributed by atoms with Gasteiger partial charge in [0.25, 0.3) is 0 Å². The van der Waals surface area contributed by atoms with E-state index in [1.165, 1.54) is 11.8 Å². The van der Waals surface area contributed by atoms with E-state index in [2.05, 4.69) is 5.32 Å². The van der Waals surface area contributed by atoms with Crippen LogP contribution < -0.4 is 5.32 Å². The average Bonchev–Trinajstić information content (AvgIpc) is 1.96. The van der Waals surface area contributed by atoms with Crippen molar-refractivity contribution in [3.8, 4) is 0 Å². The highest BCUT2D eigenvalue weighted by atomic mass is 16.3. The summed E-state index contributed by atoms with van der Waals surface area (Å²) in [5, 5.41) is 11.8. The number of hydrogen-bond acceptors (Lipinski definition) is 3. The fraction of sp³-hybridized carbons (Fsp3) is 0.778. The van der Waals surface area contributed by atoms with Crippen molar-refractivity contribution in [3.63, 3.8) is 0 Å². The van der Waals surface area contributed by atoms with Crippen LogP contribution in [0.5, 0.6) is 0 Å². The van der Waals surface area contributed by atoms with Crippen LogP contribution in [0.15, 0.2) is 0 Å². The number of rotatable bonds is 4. The van der Waals surface area contributed by atoms with Crippen molar-refractivity contribution >= 4 is 11.8 Å². The number of carbonyl (C=O) groups is 2. The Morgan fingerprint density at radius 3 is 2.29 bits per heavy atom. The number of aliphatic hydroxyl groups is 1. The van der Waals surface area contributed by atoms with Crippen molar-refractivity contribution in [3.05, 3.63) is 0 Å². The van der Waals surface area contributed by atoms with Crippen molar-refractivity contribution in [1.29, 1.82) is 0 Å². The molecule has 5 nitrogen and oxygen atoms in total. The van der Waals surface area contributed by atoms with Crippen LogP contribution in [0, 0.1) is 0 Å². The first-order chi connectivity index (χ1) is 6.22. The zero-order valence-corrected chi connectivity index (χ0v) is 9.13. The molecular formula is C9H18N2O3. The molecule has 0 rings (SSSR count). The van der Waals surface area contributed by atoms with Gasteiger partial charge in [-0.2, -0.15) is 0 Å². The van der Waals surface area contributed by atoms with E-state index in [0.29, 0.717) is 0 Å². The molecule has 14 heavy (non-hydrogen) atoms. The molecule has 2 N–H and O–H groups in total. The topological polar surface area (TPSA) is 69.6 Å². The Morgan fingerprint density at radius 2 is 1.93 bits per heavy atom. The lowest BCUT2D eigenvalue weighted by atomic mass is 10.1. The van der Waals surface area contributed by atoms with E-state index in [1.807, 2.05) is 0 Å². The number of nitrogens with one attached hydrogen (secondary N) is 1. The maximum absolute atomic E-state index is 11.3. The minimum Gasteiger partial charge on any atom is -0.389 e. The van der Waals surface area contributed by atoms with Gasteiger partial charge in [-0.05, 0) is 13.8 Å². The molecule has 0 aliphatic rings. The van der Waals surface area contributed by atoms with E-state index in [4.69, 9.17) is 0 Å². The van der Waals surface area contributed by atoms with Gasteiger partial charge in [0, 0.05) is 20.5 Å². The predicted molar refractivity (Wildman–Crippen MR) is 52.6 cm³/mol. The molecule has 0 heterocycles. The Balaban J connectivity index is 3.94. The van der Waals surface area contributed by atoms with Gasteiger partial charge in [-0.15, -0.1) is 0 Å². The summed E-state index contributed by atoms with van der Waals surface area (Å²) in [5.41, 5.74) is -0.916. The van der Waals surface area contributed by atoms with Crippen LogP contribution in [0.1, 0.15) is 20.8 Å². The minimum atomic E-state index is -0.916. The Hall–Kier alpha value is -1.10. The smallest absolute Gasteiger partial charge is 0.241 e. The number of carbonyl (C=O) groups excluding carboxylic acids is 2. The van der Waals surface area contributed by atoms with E-state index in [9.17, 15) is 14.7 Å². The quantitative estimate of drug-likeness (QED) is 0.636. The van der Waals surface area contributed by atoms with E-state index in [0.717, 1.165) is 0 Å². The molecule has 0 aliphatic carbocycles. The molecule has 0 unspecified atom stereocenters. The van der Waals surface area contributed by atoms with E-state index < -0.39 is 5.60 Å². The van der Waals surface area contributed by atoms with Crippen LogP contribution in [0.2, 0.25) is 0 Å². The number of likely N-dealkylation sites (N-methyl/N-ethyl adjacent to an activating group) is 1. The Bertz CT molecular complexity index is 221. The van der Waals surface area contributed by atoms with Gasteiger partial charge in [0.05, 0.1) is 12.1 Å². The highest BCUT2D eigenvalue weighted by molar-refractivity contribution is 5.83. The van der Waals surface area contributed by atoms with Crippen molar-refractivity contribution in [2.75, 3.05) is 20.1 Å². The lowest BCUT2D eigenvalue weighted by Gasteiger charge is -2.25. The monoisotopic (exact) mass is 202 g/mol. The van der Waals surface area contributed by atoms with E-state index >= 15 is 0 Å². The molecule has 0 radical (unpaired) electrons. The standard InChI is InChI=1S/C9H18N2O3/c1-7(12)10-5-8(13)11(4)6-9(2,3)14/h14H,5-6H2,1-4H3,(H,10,12). The van der Waals surface area contributed by atoms with Crippen molar-refractivity contribution in [1.82, 2.24) is 10.2 Å². The summed E-state index contributed by atoms with van der Waals surface area (Å²) < 4.78 is 0. The molecule has 0 aromatic carbocycles. The van der Waals surface area contributed by atoms with Crippen molar-refractivity contribution in [2.24, 2.45) is 0 Å². The van der Waals surface area contributed by atoms with Gasteiger partial charge in [-0.1, -0.05) is 0 Å². The van der Waals surface area contributed by atoms with E-state index in [1.54, 1.807) is 20.9 Å². The van der Waals surface area contributed by atoms with Gasteiger partial charge in [0.1, 0.15) is 0 Å². The minimum absolute atomic E-state index is 0.0259. The van der Waals surface area contributed by atoms with Gasteiger partial charge in [0.15, 0.2) is 0 Å². The molecule has 0 saturated heterocycles. The largest absolute Gasteiger partial charge is 0.389 e. The maximum Gasteiger partial charge on any atom is 0.241 e. The normalized spacial score (nSPS) is 10.9. The lowest BCUT2D eigenvalue weighted by Crippen LogP contribution is -2.43. The Kier molecular flexibility index (Phi) is 4.56. The third-order valence-corrected chi connectivity index (χ3v) is 1.54. The molecule has 0 fully saturated rings. The first-order valence-electron chi connectivity index (χ1n) is 4.43. The maximum atomic E-state index is 11.3. The number of amides is 2. The summed E-state index contributed by atoms with van der Waals surface area (Å²) in [5.74, 6) is -0.461. The molecule has 0 aromatic heterocycles. The molecule has 0 atom stereocenters. The van der Waals surface area contributed by atoms with E-state index in [-0.39, 0.29) is 24.9 Å². The number of hydrogen-bond donors (Lipinski definition) is 2. The first kappa shape index (κ1) is 12.9. The molecular weight excluding hydrogens is 184 g/mol. The molecule has 82 valence electrons. The Morgan fingerprint density at radius 1 is 1.43 bits per heavy atom. The Labute approximate surface area is 84.1 Å². The first-order valence-corrected chi connectivity index (χ1v) is 4.43. The zero-order valence-electron chi connectivity index (χ0n) is 9.13. The molecule has 0 saturated carbocycles. The van der Waals surface area contributed by atoms with Crippen LogP contribution in [-0.4, -0.2) is 47.6 Å². The van der Waals surface area contributed by atoms with Gasteiger partial charge in [-0.25, -0.2) is 0 Å². The van der Waals surface area contributed by atoms with Crippen molar-refractivity contribution < 1.29 is 14.7 Å². The van der Waals surface area contributed by atoms with Crippen LogP contribution in [0.25, 0.3) is 0 Å².